The molecule has 2 amide bonds. The molecule has 31 heavy (non-hydrogen) atoms. The van der Waals surface area contributed by atoms with Gasteiger partial charge >= 0.3 is 0 Å². The summed E-state index contributed by atoms with van der Waals surface area (Å²) in [4.78, 5) is 30.2. The molecule has 0 bridgehead atoms. The van der Waals surface area contributed by atoms with E-state index >= 15 is 0 Å². The van der Waals surface area contributed by atoms with Gasteiger partial charge in [-0.3, -0.25) is 19.4 Å². The van der Waals surface area contributed by atoms with Crippen molar-refractivity contribution in [2.45, 2.75) is 19.8 Å². The Hall–Kier alpha value is -2.96. The molecule has 2 aromatic carbocycles. The minimum Gasteiger partial charge on any atom is -0.379 e. The highest BCUT2D eigenvalue weighted by Crippen LogP contribution is 2.30. The van der Waals surface area contributed by atoms with E-state index in [0.29, 0.717) is 43.5 Å². The van der Waals surface area contributed by atoms with Gasteiger partial charge < -0.3 is 10.1 Å². The minimum atomic E-state index is -0.273. The molecule has 2 aliphatic heterocycles. The molecule has 0 unspecified atom stereocenters. The first-order valence-electron chi connectivity index (χ1n) is 10.9. The van der Waals surface area contributed by atoms with Crippen LogP contribution in [0.3, 0.4) is 0 Å². The summed E-state index contributed by atoms with van der Waals surface area (Å²) in [6.07, 6.45) is 0. The van der Waals surface area contributed by atoms with Crippen molar-refractivity contribution in [1.29, 1.82) is 0 Å². The van der Waals surface area contributed by atoms with Gasteiger partial charge in [0.05, 0.1) is 18.8 Å². The summed E-state index contributed by atoms with van der Waals surface area (Å²) in [5.41, 5.74) is 3.54. The second-order valence-corrected chi connectivity index (χ2v) is 8.23. The lowest BCUT2D eigenvalue weighted by Crippen LogP contribution is -2.43. The van der Waals surface area contributed by atoms with Gasteiger partial charge in [-0.15, -0.1) is 0 Å². The van der Waals surface area contributed by atoms with Gasteiger partial charge in [0.1, 0.15) is 5.70 Å². The molecule has 2 heterocycles. The van der Waals surface area contributed by atoms with Crippen LogP contribution in [0.5, 0.6) is 0 Å². The number of rotatable bonds is 7. The van der Waals surface area contributed by atoms with Gasteiger partial charge in [-0.25, -0.2) is 0 Å². The average Bonchev–Trinajstić information content (AvgIpc) is 3.03. The molecule has 6 heteroatoms. The Morgan fingerprint density at radius 2 is 1.58 bits per heavy atom. The molecule has 1 saturated heterocycles. The zero-order valence-corrected chi connectivity index (χ0v) is 18.1. The molecule has 0 saturated carbocycles. The fourth-order valence-corrected chi connectivity index (χ4v) is 3.93. The Morgan fingerprint density at radius 1 is 0.903 bits per heavy atom. The van der Waals surface area contributed by atoms with Crippen molar-refractivity contribution >= 4 is 23.1 Å². The molecular weight excluding hydrogens is 390 g/mol. The highest BCUT2D eigenvalue weighted by Gasteiger charge is 2.39. The van der Waals surface area contributed by atoms with Crippen LogP contribution in [-0.2, 0) is 14.3 Å². The highest BCUT2D eigenvalue weighted by molar-refractivity contribution is 6.36. The number of anilines is 1. The second-order valence-electron chi connectivity index (χ2n) is 8.23. The number of carbonyl (C=O) groups is 2. The summed E-state index contributed by atoms with van der Waals surface area (Å²) in [7, 11) is 0. The van der Waals surface area contributed by atoms with E-state index in [9.17, 15) is 9.59 Å². The topological polar surface area (TPSA) is 61.9 Å². The third kappa shape index (κ3) is 4.70. The third-order valence-electron chi connectivity index (χ3n) is 5.82. The standard InChI is InChI=1S/C25H29N3O3/c1-18(2)19-8-10-21(11-9-19)26-23-22(20-6-4-3-5-7-20)24(29)28(25(23)30)13-12-27-14-16-31-17-15-27/h3-11,18,26H,12-17H2,1-2H3. The number of morpholine rings is 1. The monoisotopic (exact) mass is 419 g/mol. The van der Waals surface area contributed by atoms with Crippen LogP contribution in [0.25, 0.3) is 5.57 Å². The summed E-state index contributed by atoms with van der Waals surface area (Å²) >= 11 is 0. The molecule has 0 aromatic heterocycles. The molecule has 1 fully saturated rings. The van der Waals surface area contributed by atoms with Gasteiger partial charge in [-0.1, -0.05) is 56.3 Å². The van der Waals surface area contributed by atoms with Crippen LogP contribution in [0.15, 0.2) is 60.3 Å². The fraction of sp³-hybridized carbons (Fsp3) is 0.360. The average molecular weight is 420 g/mol. The van der Waals surface area contributed by atoms with Crippen LogP contribution in [0, 0.1) is 0 Å². The molecule has 1 N–H and O–H groups in total. The summed E-state index contributed by atoms with van der Waals surface area (Å²) < 4.78 is 5.39. The number of hydrogen-bond donors (Lipinski definition) is 1. The molecular formula is C25H29N3O3. The van der Waals surface area contributed by atoms with Gasteiger partial charge in [-0.2, -0.15) is 0 Å². The van der Waals surface area contributed by atoms with E-state index in [1.807, 2.05) is 54.6 Å². The van der Waals surface area contributed by atoms with Crippen LogP contribution >= 0.6 is 0 Å². The zero-order valence-electron chi connectivity index (χ0n) is 18.1. The molecule has 4 rings (SSSR count). The number of ether oxygens (including phenoxy) is 1. The smallest absolute Gasteiger partial charge is 0.278 e. The highest BCUT2D eigenvalue weighted by atomic mass is 16.5. The lowest BCUT2D eigenvalue weighted by molar-refractivity contribution is -0.137. The number of nitrogens with one attached hydrogen (secondary N) is 1. The third-order valence-corrected chi connectivity index (χ3v) is 5.82. The van der Waals surface area contributed by atoms with E-state index in [2.05, 4.69) is 24.1 Å². The van der Waals surface area contributed by atoms with Gasteiger partial charge in [0, 0.05) is 31.9 Å². The number of amides is 2. The summed E-state index contributed by atoms with van der Waals surface area (Å²) in [6.45, 7) is 8.33. The van der Waals surface area contributed by atoms with E-state index in [4.69, 9.17) is 4.74 Å². The van der Waals surface area contributed by atoms with Crippen molar-refractivity contribution in [3.8, 4) is 0 Å². The van der Waals surface area contributed by atoms with Crippen LogP contribution in [0.4, 0.5) is 5.69 Å². The Balaban J connectivity index is 1.59. The van der Waals surface area contributed by atoms with E-state index in [0.717, 1.165) is 24.3 Å². The van der Waals surface area contributed by atoms with Crippen LogP contribution in [0.2, 0.25) is 0 Å². The second kappa shape index (κ2) is 9.45. The first kappa shape index (κ1) is 21.3. The maximum atomic E-state index is 13.3. The summed E-state index contributed by atoms with van der Waals surface area (Å²) in [5.74, 6) is -0.0886. The molecule has 0 atom stereocenters. The molecule has 2 aromatic rings. The SMILES string of the molecule is CC(C)c1ccc(NC2=C(c3ccccc3)C(=O)N(CCN3CCOCC3)C2=O)cc1. The van der Waals surface area contributed by atoms with Crippen molar-refractivity contribution in [3.63, 3.8) is 0 Å². The largest absolute Gasteiger partial charge is 0.379 e. The normalized spacial score (nSPS) is 17.7. The first-order chi connectivity index (χ1) is 15.0. The predicted octanol–water partition coefficient (Wildman–Crippen LogP) is 3.33. The van der Waals surface area contributed by atoms with Gasteiger partial charge in [0.25, 0.3) is 11.8 Å². The van der Waals surface area contributed by atoms with Crippen LogP contribution in [0.1, 0.15) is 30.9 Å². The molecule has 0 aliphatic carbocycles. The quantitative estimate of drug-likeness (QED) is 0.698. The molecule has 0 spiro atoms. The summed E-state index contributed by atoms with van der Waals surface area (Å²) in [6, 6.07) is 17.4. The van der Waals surface area contributed by atoms with Gasteiger partial charge in [0.2, 0.25) is 0 Å². The van der Waals surface area contributed by atoms with E-state index < -0.39 is 0 Å². The Bertz CT molecular complexity index is 961. The van der Waals surface area contributed by atoms with Gasteiger partial charge in [0.15, 0.2) is 0 Å². The number of imide groups is 1. The zero-order chi connectivity index (χ0) is 21.8. The number of benzene rings is 2. The molecule has 0 radical (unpaired) electrons. The minimum absolute atomic E-state index is 0.245. The number of carbonyl (C=O) groups excluding carboxylic acids is 2. The number of hydrogen-bond acceptors (Lipinski definition) is 5. The van der Waals surface area contributed by atoms with Crippen molar-refractivity contribution in [3.05, 3.63) is 71.4 Å². The van der Waals surface area contributed by atoms with Crippen molar-refractivity contribution in [2.75, 3.05) is 44.7 Å². The molecule has 162 valence electrons. The lowest BCUT2D eigenvalue weighted by Gasteiger charge is -2.28. The maximum absolute atomic E-state index is 13.3. The Kier molecular flexibility index (Phi) is 6.49. The van der Waals surface area contributed by atoms with Crippen LogP contribution < -0.4 is 5.32 Å². The number of nitrogens with zero attached hydrogens (tertiary/aromatic N) is 2. The van der Waals surface area contributed by atoms with Crippen molar-refractivity contribution < 1.29 is 14.3 Å². The fourth-order valence-electron chi connectivity index (χ4n) is 3.93. The maximum Gasteiger partial charge on any atom is 0.278 e. The molecule has 2 aliphatic rings. The lowest BCUT2D eigenvalue weighted by atomic mass is 10.0. The van der Waals surface area contributed by atoms with E-state index in [-0.39, 0.29) is 11.8 Å². The van der Waals surface area contributed by atoms with Crippen LogP contribution in [-0.4, -0.2) is 61.0 Å². The first-order valence-corrected chi connectivity index (χ1v) is 10.9. The van der Waals surface area contributed by atoms with Crippen molar-refractivity contribution in [2.24, 2.45) is 0 Å². The predicted molar refractivity (Wildman–Crippen MR) is 121 cm³/mol. The van der Waals surface area contributed by atoms with Gasteiger partial charge in [-0.05, 0) is 29.2 Å². The van der Waals surface area contributed by atoms with E-state index in [1.54, 1.807) is 0 Å². The Labute approximate surface area is 183 Å². The summed E-state index contributed by atoms with van der Waals surface area (Å²) in [5, 5.41) is 3.24. The Morgan fingerprint density at radius 3 is 2.23 bits per heavy atom. The molecule has 6 nitrogen and oxygen atoms in total. The van der Waals surface area contributed by atoms with E-state index in [1.165, 1.54) is 10.5 Å². The van der Waals surface area contributed by atoms with Crippen molar-refractivity contribution in [1.82, 2.24) is 9.80 Å².